The zero-order valence-electron chi connectivity index (χ0n) is 14.9. The average Bonchev–Trinajstić information content (AvgIpc) is 2.64. The van der Waals surface area contributed by atoms with Gasteiger partial charge in [-0.15, -0.1) is 0 Å². The van der Waals surface area contributed by atoms with Gasteiger partial charge in [0.1, 0.15) is 5.75 Å². The van der Waals surface area contributed by atoms with Crippen LogP contribution in [-0.4, -0.2) is 28.7 Å². The fraction of sp³-hybridized carbons (Fsp3) is 0.211. The third-order valence-corrected chi connectivity index (χ3v) is 4.35. The summed E-state index contributed by atoms with van der Waals surface area (Å²) in [6.45, 7) is 2.69. The van der Waals surface area contributed by atoms with Gasteiger partial charge in [0.15, 0.2) is 5.11 Å². The molecule has 6 nitrogen and oxygen atoms in total. The first-order chi connectivity index (χ1) is 13.3. The standard InChI is InChI=1S/C19H18Cl2N2O4S/c1-2-3-8-27-13-6-4-11(5-7-13)17(24)23-19(28)22-16-14(18(25)26)9-12(20)10-15(16)21/h4-7,9-10H,2-3,8H2,1H3,(H,25,26)(H2,22,23,24,28). The summed E-state index contributed by atoms with van der Waals surface area (Å²) in [6.07, 6.45) is 1.99. The first kappa shape index (κ1) is 21.9. The molecule has 2 aromatic carbocycles. The normalized spacial score (nSPS) is 10.2. The van der Waals surface area contributed by atoms with Crippen molar-refractivity contribution < 1.29 is 19.4 Å². The van der Waals surface area contributed by atoms with Gasteiger partial charge in [0.25, 0.3) is 5.91 Å². The minimum absolute atomic E-state index is 0.0449. The van der Waals surface area contributed by atoms with Gasteiger partial charge in [-0.25, -0.2) is 4.79 Å². The number of anilines is 1. The van der Waals surface area contributed by atoms with E-state index in [2.05, 4.69) is 17.6 Å². The van der Waals surface area contributed by atoms with Crippen molar-refractivity contribution in [1.29, 1.82) is 0 Å². The van der Waals surface area contributed by atoms with Gasteiger partial charge in [-0.05, 0) is 55.0 Å². The number of rotatable bonds is 7. The Bertz CT molecular complexity index is 888. The topological polar surface area (TPSA) is 87.7 Å². The van der Waals surface area contributed by atoms with E-state index in [-0.39, 0.29) is 26.4 Å². The number of nitrogens with one attached hydrogen (secondary N) is 2. The van der Waals surface area contributed by atoms with Crippen molar-refractivity contribution in [3.63, 3.8) is 0 Å². The molecule has 148 valence electrons. The molecule has 0 bridgehead atoms. The van der Waals surface area contributed by atoms with Crippen LogP contribution in [0.15, 0.2) is 36.4 Å². The van der Waals surface area contributed by atoms with E-state index in [0.29, 0.717) is 17.9 Å². The van der Waals surface area contributed by atoms with Crippen molar-refractivity contribution in [2.75, 3.05) is 11.9 Å². The van der Waals surface area contributed by atoms with Crippen LogP contribution in [0.25, 0.3) is 0 Å². The smallest absolute Gasteiger partial charge is 0.337 e. The lowest BCUT2D eigenvalue weighted by atomic mass is 10.2. The first-order valence-corrected chi connectivity index (χ1v) is 9.55. The number of carbonyl (C=O) groups excluding carboxylic acids is 1. The predicted molar refractivity (Wildman–Crippen MR) is 114 cm³/mol. The molecule has 0 aromatic heterocycles. The van der Waals surface area contributed by atoms with Crippen LogP contribution in [0.4, 0.5) is 5.69 Å². The van der Waals surface area contributed by atoms with Gasteiger partial charge in [-0.1, -0.05) is 36.5 Å². The second kappa shape index (κ2) is 10.3. The number of hydrogen-bond acceptors (Lipinski definition) is 4. The molecule has 0 radical (unpaired) electrons. The number of aromatic carboxylic acids is 1. The molecule has 9 heteroatoms. The summed E-state index contributed by atoms with van der Waals surface area (Å²) in [7, 11) is 0. The third-order valence-electron chi connectivity index (χ3n) is 3.63. The SMILES string of the molecule is CCCCOc1ccc(C(=O)NC(=S)Nc2c(Cl)cc(Cl)cc2C(=O)O)cc1. The van der Waals surface area contributed by atoms with Crippen LogP contribution < -0.4 is 15.4 Å². The molecule has 0 saturated carbocycles. The number of benzene rings is 2. The summed E-state index contributed by atoms with van der Waals surface area (Å²) < 4.78 is 5.55. The highest BCUT2D eigenvalue weighted by molar-refractivity contribution is 7.80. The Labute approximate surface area is 177 Å². The zero-order chi connectivity index (χ0) is 20.7. The maximum Gasteiger partial charge on any atom is 0.337 e. The van der Waals surface area contributed by atoms with Gasteiger partial charge < -0.3 is 15.2 Å². The van der Waals surface area contributed by atoms with Gasteiger partial charge in [-0.2, -0.15) is 0 Å². The van der Waals surface area contributed by atoms with Crippen molar-refractivity contribution >= 4 is 58.1 Å². The van der Waals surface area contributed by atoms with Crippen molar-refractivity contribution in [2.45, 2.75) is 19.8 Å². The quantitative estimate of drug-likeness (QED) is 0.414. The van der Waals surface area contributed by atoms with Crippen molar-refractivity contribution in [3.05, 3.63) is 57.6 Å². The molecule has 1 amide bonds. The molecular weight excluding hydrogens is 423 g/mol. The lowest BCUT2D eigenvalue weighted by molar-refractivity contribution is 0.0697. The monoisotopic (exact) mass is 440 g/mol. The van der Waals surface area contributed by atoms with E-state index in [0.717, 1.165) is 12.8 Å². The summed E-state index contributed by atoms with van der Waals surface area (Å²) in [5.74, 6) is -1.02. The van der Waals surface area contributed by atoms with Crippen molar-refractivity contribution in [2.24, 2.45) is 0 Å². The summed E-state index contributed by atoms with van der Waals surface area (Å²) in [5.41, 5.74) is 0.249. The largest absolute Gasteiger partial charge is 0.494 e. The van der Waals surface area contributed by atoms with E-state index in [1.54, 1.807) is 24.3 Å². The van der Waals surface area contributed by atoms with Crippen LogP contribution in [0.2, 0.25) is 10.0 Å². The number of hydrogen-bond donors (Lipinski definition) is 3. The van der Waals surface area contributed by atoms with Gasteiger partial charge in [0, 0.05) is 10.6 Å². The highest BCUT2D eigenvalue weighted by atomic mass is 35.5. The van der Waals surface area contributed by atoms with Crippen LogP contribution in [0.5, 0.6) is 5.75 Å². The second-order valence-electron chi connectivity index (χ2n) is 5.75. The maximum absolute atomic E-state index is 12.3. The molecule has 0 saturated heterocycles. The molecule has 0 aliphatic rings. The number of amides is 1. The number of thiocarbonyl (C=S) groups is 1. The van der Waals surface area contributed by atoms with Gasteiger partial charge in [-0.3, -0.25) is 10.1 Å². The number of carbonyl (C=O) groups is 2. The molecule has 2 rings (SSSR count). The average molecular weight is 441 g/mol. The molecule has 2 aromatic rings. The Kier molecular flexibility index (Phi) is 8.04. The van der Waals surface area contributed by atoms with E-state index >= 15 is 0 Å². The minimum atomic E-state index is -1.24. The van der Waals surface area contributed by atoms with E-state index in [1.807, 2.05) is 0 Å². The molecule has 0 unspecified atom stereocenters. The molecule has 28 heavy (non-hydrogen) atoms. The second-order valence-corrected chi connectivity index (χ2v) is 7.00. The third kappa shape index (κ3) is 6.09. The van der Waals surface area contributed by atoms with E-state index < -0.39 is 11.9 Å². The predicted octanol–water partition coefficient (Wildman–Crippen LogP) is 5.00. The first-order valence-electron chi connectivity index (χ1n) is 8.39. The Hall–Kier alpha value is -2.35. The van der Waals surface area contributed by atoms with Crippen molar-refractivity contribution in [3.8, 4) is 5.75 Å². The number of carboxylic acid groups (broad SMARTS) is 1. The van der Waals surface area contributed by atoms with Crippen molar-refractivity contribution in [1.82, 2.24) is 5.32 Å². The molecule has 0 heterocycles. The molecule has 0 fully saturated rings. The fourth-order valence-corrected chi connectivity index (χ4v) is 2.96. The van der Waals surface area contributed by atoms with Gasteiger partial charge in [0.05, 0.1) is 22.9 Å². The Morgan fingerprint density at radius 3 is 2.46 bits per heavy atom. The lowest BCUT2D eigenvalue weighted by Gasteiger charge is -2.14. The van der Waals surface area contributed by atoms with Gasteiger partial charge >= 0.3 is 5.97 Å². The van der Waals surface area contributed by atoms with Crippen LogP contribution >= 0.6 is 35.4 Å². The number of carboxylic acids is 1. The lowest BCUT2D eigenvalue weighted by Crippen LogP contribution is -2.34. The summed E-state index contributed by atoms with van der Waals surface area (Å²) in [6, 6.07) is 9.22. The van der Waals surface area contributed by atoms with E-state index in [4.69, 9.17) is 40.2 Å². The maximum atomic E-state index is 12.3. The number of unbranched alkanes of at least 4 members (excludes halogenated alkanes) is 1. The van der Waals surface area contributed by atoms with Crippen LogP contribution in [0, 0.1) is 0 Å². The number of ether oxygens (including phenoxy) is 1. The molecular formula is C19H18Cl2N2O4S. The summed E-state index contributed by atoms with van der Waals surface area (Å²) in [4.78, 5) is 23.7. The Morgan fingerprint density at radius 2 is 1.86 bits per heavy atom. The number of halogens is 2. The Balaban J connectivity index is 2.03. The molecule has 0 aliphatic carbocycles. The highest BCUT2D eigenvalue weighted by Gasteiger charge is 2.17. The highest BCUT2D eigenvalue weighted by Crippen LogP contribution is 2.30. The summed E-state index contributed by atoms with van der Waals surface area (Å²) in [5, 5.41) is 14.5. The van der Waals surface area contributed by atoms with Crippen LogP contribution in [0.1, 0.15) is 40.5 Å². The molecule has 3 N–H and O–H groups in total. The molecule has 0 spiro atoms. The molecule has 0 atom stereocenters. The Morgan fingerprint density at radius 1 is 1.18 bits per heavy atom. The summed E-state index contributed by atoms with van der Waals surface area (Å²) >= 11 is 17.0. The van der Waals surface area contributed by atoms with Crippen LogP contribution in [0.3, 0.4) is 0 Å². The van der Waals surface area contributed by atoms with E-state index in [1.165, 1.54) is 12.1 Å². The molecule has 0 aliphatic heterocycles. The van der Waals surface area contributed by atoms with Crippen LogP contribution in [-0.2, 0) is 0 Å². The van der Waals surface area contributed by atoms with E-state index in [9.17, 15) is 14.7 Å². The minimum Gasteiger partial charge on any atom is -0.494 e. The zero-order valence-corrected chi connectivity index (χ0v) is 17.2. The fourth-order valence-electron chi connectivity index (χ4n) is 2.23. The van der Waals surface area contributed by atoms with Gasteiger partial charge in [0.2, 0.25) is 0 Å².